The first-order valence-corrected chi connectivity index (χ1v) is 6.04. The van der Waals surface area contributed by atoms with Crippen molar-refractivity contribution in [2.75, 3.05) is 7.11 Å². The minimum absolute atomic E-state index is 0.517. The SMILES string of the molecule is COc1cccc(CC(O)c2ccc(C#N)cc2)c1. The zero-order valence-corrected chi connectivity index (χ0v) is 10.7. The van der Waals surface area contributed by atoms with Crippen LogP contribution in [0.3, 0.4) is 0 Å². The van der Waals surface area contributed by atoms with Crippen molar-refractivity contribution >= 4 is 0 Å². The third-order valence-corrected chi connectivity index (χ3v) is 2.99. The van der Waals surface area contributed by atoms with Crippen LogP contribution in [-0.4, -0.2) is 12.2 Å². The maximum absolute atomic E-state index is 10.2. The summed E-state index contributed by atoms with van der Waals surface area (Å²) in [4.78, 5) is 0. The van der Waals surface area contributed by atoms with Crippen LogP contribution in [0, 0.1) is 11.3 Å². The van der Waals surface area contributed by atoms with Crippen LogP contribution in [0.25, 0.3) is 0 Å². The lowest BCUT2D eigenvalue weighted by molar-refractivity contribution is 0.178. The first-order valence-electron chi connectivity index (χ1n) is 6.04. The van der Waals surface area contributed by atoms with E-state index >= 15 is 0 Å². The van der Waals surface area contributed by atoms with Crippen molar-refractivity contribution in [2.24, 2.45) is 0 Å². The molecule has 0 aromatic heterocycles. The lowest BCUT2D eigenvalue weighted by atomic mass is 10.0. The van der Waals surface area contributed by atoms with Gasteiger partial charge in [0.15, 0.2) is 0 Å². The second-order valence-corrected chi connectivity index (χ2v) is 4.31. The molecule has 0 saturated carbocycles. The van der Waals surface area contributed by atoms with Crippen LogP contribution in [0.2, 0.25) is 0 Å². The molecule has 0 aliphatic heterocycles. The lowest BCUT2D eigenvalue weighted by Crippen LogP contribution is -2.02. The quantitative estimate of drug-likeness (QED) is 0.911. The number of ether oxygens (including phenoxy) is 1. The van der Waals surface area contributed by atoms with Gasteiger partial charge in [-0.1, -0.05) is 24.3 Å². The van der Waals surface area contributed by atoms with Gasteiger partial charge in [-0.15, -0.1) is 0 Å². The van der Waals surface area contributed by atoms with Gasteiger partial charge in [0, 0.05) is 6.42 Å². The number of rotatable bonds is 4. The van der Waals surface area contributed by atoms with Crippen LogP contribution in [-0.2, 0) is 6.42 Å². The van der Waals surface area contributed by atoms with Gasteiger partial charge < -0.3 is 9.84 Å². The number of aliphatic hydroxyl groups excluding tert-OH is 1. The topological polar surface area (TPSA) is 53.2 Å². The number of benzene rings is 2. The molecular formula is C16H15NO2. The van der Waals surface area contributed by atoms with Crippen molar-refractivity contribution in [1.29, 1.82) is 5.26 Å². The monoisotopic (exact) mass is 253 g/mol. The van der Waals surface area contributed by atoms with E-state index in [0.29, 0.717) is 12.0 Å². The van der Waals surface area contributed by atoms with Crippen LogP contribution in [0.4, 0.5) is 0 Å². The molecule has 1 unspecified atom stereocenters. The molecule has 2 aromatic rings. The minimum Gasteiger partial charge on any atom is -0.497 e. The Bertz CT molecular complexity index is 584. The largest absolute Gasteiger partial charge is 0.497 e. The number of nitriles is 1. The second-order valence-electron chi connectivity index (χ2n) is 4.31. The Morgan fingerprint density at radius 2 is 1.95 bits per heavy atom. The third kappa shape index (κ3) is 3.34. The molecule has 0 radical (unpaired) electrons. The summed E-state index contributed by atoms with van der Waals surface area (Å²) in [6.45, 7) is 0. The maximum atomic E-state index is 10.2. The molecule has 3 nitrogen and oxygen atoms in total. The Balaban J connectivity index is 2.11. The molecule has 2 rings (SSSR count). The highest BCUT2D eigenvalue weighted by Crippen LogP contribution is 2.21. The van der Waals surface area contributed by atoms with Crippen molar-refractivity contribution in [1.82, 2.24) is 0 Å². The van der Waals surface area contributed by atoms with Gasteiger partial charge in [0.1, 0.15) is 5.75 Å². The average Bonchev–Trinajstić information content (AvgIpc) is 2.47. The van der Waals surface area contributed by atoms with Crippen molar-refractivity contribution in [3.8, 4) is 11.8 Å². The number of hydrogen-bond donors (Lipinski definition) is 1. The van der Waals surface area contributed by atoms with Crippen molar-refractivity contribution in [3.05, 3.63) is 65.2 Å². The molecule has 0 heterocycles. The predicted octanol–water partition coefficient (Wildman–Crippen LogP) is 2.84. The molecule has 0 fully saturated rings. The molecule has 96 valence electrons. The summed E-state index contributed by atoms with van der Waals surface area (Å²) in [6, 6.07) is 16.7. The normalized spacial score (nSPS) is 11.6. The summed E-state index contributed by atoms with van der Waals surface area (Å²) in [5.41, 5.74) is 2.41. The first kappa shape index (κ1) is 13.1. The number of methoxy groups -OCH3 is 1. The Kier molecular flexibility index (Phi) is 4.17. The highest BCUT2D eigenvalue weighted by Gasteiger charge is 2.09. The highest BCUT2D eigenvalue weighted by atomic mass is 16.5. The number of hydrogen-bond acceptors (Lipinski definition) is 3. The summed E-state index contributed by atoms with van der Waals surface area (Å²) in [7, 11) is 1.62. The fourth-order valence-electron chi connectivity index (χ4n) is 1.92. The maximum Gasteiger partial charge on any atom is 0.119 e. The standard InChI is InChI=1S/C16H15NO2/c1-19-15-4-2-3-13(9-15)10-16(18)14-7-5-12(11-17)6-8-14/h2-9,16,18H,10H2,1H3. The van der Waals surface area contributed by atoms with E-state index in [2.05, 4.69) is 6.07 Å². The molecule has 0 bridgehead atoms. The van der Waals surface area contributed by atoms with Crippen LogP contribution >= 0.6 is 0 Å². The van der Waals surface area contributed by atoms with Crippen molar-refractivity contribution in [2.45, 2.75) is 12.5 Å². The second kappa shape index (κ2) is 6.03. The summed E-state index contributed by atoms with van der Waals surface area (Å²) in [5, 5.41) is 18.9. The summed E-state index contributed by atoms with van der Waals surface area (Å²) in [5.74, 6) is 0.782. The van der Waals surface area contributed by atoms with Crippen molar-refractivity contribution in [3.63, 3.8) is 0 Å². The van der Waals surface area contributed by atoms with E-state index in [1.807, 2.05) is 24.3 Å². The van der Waals surface area contributed by atoms with E-state index in [0.717, 1.165) is 16.9 Å². The zero-order valence-electron chi connectivity index (χ0n) is 10.7. The molecule has 1 atom stereocenters. The predicted molar refractivity (Wildman–Crippen MR) is 72.8 cm³/mol. The van der Waals surface area contributed by atoms with Gasteiger partial charge in [0.05, 0.1) is 24.8 Å². The number of aliphatic hydroxyl groups is 1. The fourth-order valence-corrected chi connectivity index (χ4v) is 1.92. The van der Waals surface area contributed by atoms with Gasteiger partial charge in [-0.25, -0.2) is 0 Å². The molecule has 0 saturated heterocycles. The average molecular weight is 253 g/mol. The van der Waals surface area contributed by atoms with E-state index in [1.54, 1.807) is 31.4 Å². The molecule has 3 heteroatoms. The van der Waals surface area contributed by atoms with Crippen LogP contribution in [0.5, 0.6) is 5.75 Å². The molecular weight excluding hydrogens is 238 g/mol. The molecule has 1 N–H and O–H groups in total. The fraction of sp³-hybridized carbons (Fsp3) is 0.188. The van der Waals surface area contributed by atoms with E-state index < -0.39 is 6.10 Å². The van der Waals surface area contributed by atoms with Crippen molar-refractivity contribution < 1.29 is 9.84 Å². The minimum atomic E-state index is -0.583. The van der Waals surface area contributed by atoms with Gasteiger partial charge in [-0.3, -0.25) is 0 Å². The van der Waals surface area contributed by atoms with E-state index in [1.165, 1.54) is 0 Å². The summed E-state index contributed by atoms with van der Waals surface area (Å²) in [6.07, 6.45) is -0.0665. The lowest BCUT2D eigenvalue weighted by Gasteiger charge is -2.12. The van der Waals surface area contributed by atoms with Crippen LogP contribution in [0.1, 0.15) is 22.8 Å². The third-order valence-electron chi connectivity index (χ3n) is 2.99. The van der Waals surface area contributed by atoms with E-state index in [9.17, 15) is 5.11 Å². The van der Waals surface area contributed by atoms with Crippen LogP contribution < -0.4 is 4.74 Å². The molecule has 0 spiro atoms. The van der Waals surface area contributed by atoms with Gasteiger partial charge in [0.25, 0.3) is 0 Å². The van der Waals surface area contributed by atoms with Gasteiger partial charge in [-0.05, 0) is 35.4 Å². The zero-order chi connectivity index (χ0) is 13.7. The Labute approximate surface area is 112 Å². The Morgan fingerprint density at radius 3 is 2.58 bits per heavy atom. The van der Waals surface area contributed by atoms with Gasteiger partial charge >= 0.3 is 0 Å². The molecule has 0 aliphatic rings. The first-order chi connectivity index (χ1) is 9.22. The number of nitrogens with zero attached hydrogens (tertiary/aromatic N) is 1. The highest BCUT2D eigenvalue weighted by molar-refractivity contribution is 5.34. The van der Waals surface area contributed by atoms with Gasteiger partial charge in [0.2, 0.25) is 0 Å². The summed E-state index contributed by atoms with van der Waals surface area (Å²) < 4.78 is 5.15. The summed E-state index contributed by atoms with van der Waals surface area (Å²) >= 11 is 0. The van der Waals surface area contributed by atoms with E-state index in [4.69, 9.17) is 10.00 Å². The molecule has 19 heavy (non-hydrogen) atoms. The van der Waals surface area contributed by atoms with E-state index in [-0.39, 0.29) is 0 Å². The molecule has 0 amide bonds. The molecule has 2 aromatic carbocycles. The Morgan fingerprint density at radius 1 is 1.21 bits per heavy atom. The smallest absolute Gasteiger partial charge is 0.119 e. The van der Waals surface area contributed by atoms with Gasteiger partial charge in [-0.2, -0.15) is 5.26 Å². The Hall–Kier alpha value is -2.31. The van der Waals surface area contributed by atoms with Crippen LogP contribution in [0.15, 0.2) is 48.5 Å². The molecule has 0 aliphatic carbocycles.